The van der Waals surface area contributed by atoms with E-state index in [0.717, 1.165) is 6.42 Å². The monoisotopic (exact) mass is 226 g/mol. The van der Waals surface area contributed by atoms with Crippen LogP contribution in [0.5, 0.6) is 0 Å². The van der Waals surface area contributed by atoms with Gasteiger partial charge in [-0.05, 0) is 11.8 Å². The van der Waals surface area contributed by atoms with Gasteiger partial charge in [0.1, 0.15) is 6.04 Å². The Morgan fingerprint density at radius 1 is 1.44 bits per heavy atom. The van der Waals surface area contributed by atoms with Gasteiger partial charge in [0.2, 0.25) is 5.91 Å². The van der Waals surface area contributed by atoms with Crippen LogP contribution in [0.4, 0.5) is 0 Å². The number of nitrogens with one attached hydrogen (secondary N) is 1. The van der Waals surface area contributed by atoms with Gasteiger partial charge in [-0.15, -0.1) is 0 Å². The maximum atomic E-state index is 12.1. The molecule has 1 heterocycles. The second kappa shape index (κ2) is 3.73. The number of rotatable bonds is 2. The van der Waals surface area contributed by atoms with Crippen LogP contribution in [0.2, 0.25) is 0 Å². The summed E-state index contributed by atoms with van der Waals surface area (Å²) in [6, 6.07) is -0.697. The first-order valence-electron chi connectivity index (χ1n) is 5.67. The lowest BCUT2D eigenvalue weighted by molar-refractivity contribution is -0.152. The maximum absolute atomic E-state index is 12.1. The summed E-state index contributed by atoms with van der Waals surface area (Å²) < 4.78 is 0. The number of nitrogens with zero attached hydrogens (tertiary/aromatic N) is 1. The SMILES string of the molecule is CC1(C)CC1C(=O)N1CCNCC1C(=O)O. The summed E-state index contributed by atoms with van der Waals surface area (Å²) in [5.74, 6) is -0.884. The van der Waals surface area contributed by atoms with E-state index in [0.29, 0.717) is 19.6 Å². The molecule has 5 nitrogen and oxygen atoms in total. The van der Waals surface area contributed by atoms with E-state index < -0.39 is 12.0 Å². The van der Waals surface area contributed by atoms with Gasteiger partial charge in [0.05, 0.1) is 0 Å². The molecule has 5 heteroatoms. The zero-order valence-corrected chi connectivity index (χ0v) is 9.69. The molecular weight excluding hydrogens is 208 g/mol. The molecule has 1 amide bonds. The van der Waals surface area contributed by atoms with Crippen LogP contribution >= 0.6 is 0 Å². The van der Waals surface area contributed by atoms with Crippen molar-refractivity contribution in [1.82, 2.24) is 10.2 Å². The predicted molar refractivity (Wildman–Crippen MR) is 57.9 cm³/mol. The fourth-order valence-corrected chi connectivity index (χ4v) is 2.28. The van der Waals surface area contributed by atoms with E-state index in [4.69, 9.17) is 5.11 Å². The minimum Gasteiger partial charge on any atom is -0.480 e. The second-order valence-corrected chi connectivity index (χ2v) is 5.34. The van der Waals surface area contributed by atoms with Crippen LogP contribution in [-0.4, -0.2) is 47.6 Å². The van der Waals surface area contributed by atoms with Gasteiger partial charge in [0.15, 0.2) is 0 Å². The molecule has 0 bridgehead atoms. The smallest absolute Gasteiger partial charge is 0.327 e. The maximum Gasteiger partial charge on any atom is 0.327 e. The molecule has 1 aliphatic heterocycles. The van der Waals surface area contributed by atoms with Gasteiger partial charge in [0.25, 0.3) is 0 Å². The summed E-state index contributed by atoms with van der Waals surface area (Å²) in [5, 5.41) is 12.1. The van der Waals surface area contributed by atoms with E-state index in [9.17, 15) is 9.59 Å². The fraction of sp³-hybridized carbons (Fsp3) is 0.818. The van der Waals surface area contributed by atoms with Gasteiger partial charge >= 0.3 is 5.97 Å². The van der Waals surface area contributed by atoms with Crippen molar-refractivity contribution in [3.05, 3.63) is 0 Å². The molecule has 0 aromatic carbocycles. The standard InChI is InChI=1S/C11H18N2O3/c1-11(2)5-7(11)9(14)13-4-3-12-6-8(13)10(15)16/h7-8,12H,3-6H2,1-2H3,(H,15,16). The molecule has 2 fully saturated rings. The summed E-state index contributed by atoms with van der Waals surface area (Å²) >= 11 is 0. The third-order valence-corrected chi connectivity index (χ3v) is 3.62. The number of carbonyl (C=O) groups is 2. The van der Waals surface area contributed by atoms with E-state index in [1.54, 1.807) is 0 Å². The van der Waals surface area contributed by atoms with Crippen molar-refractivity contribution in [1.29, 1.82) is 0 Å². The quantitative estimate of drug-likeness (QED) is 0.691. The van der Waals surface area contributed by atoms with E-state index >= 15 is 0 Å². The van der Waals surface area contributed by atoms with Crippen LogP contribution in [0, 0.1) is 11.3 Å². The topological polar surface area (TPSA) is 69.6 Å². The highest BCUT2D eigenvalue weighted by molar-refractivity contribution is 5.87. The molecule has 90 valence electrons. The lowest BCUT2D eigenvalue weighted by Gasteiger charge is -2.34. The van der Waals surface area contributed by atoms with Gasteiger partial charge in [0, 0.05) is 25.6 Å². The van der Waals surface area contributed by atoms with Crippen molar-refractivity contribution >= 4 is 11.9 Å². The Balaban J connectivity index is 2.06. The van der Waals surface area contributed by atoms with Crippen LogP contribution in [-0.2, 0) is 9.59 Å². The van der Waals surface area contributed by atoms with Gasteiger partial charge in [-0.25, -0.2) is 4.79 Å². The zero-order chi connectivity index (χ0) is 11.9. The Kier molecular flexibility index (Phi) is 2.66. The average Bonchev–Trinajstić information content (AvgIpc) is 2.86. The number of aliphatic carboxylic acids is 1. The molecule has 0 aromatic heterocycles. The average molecular weight is 226 g/mol. The summed E-state index contributed by atoms with van der Waals surface area (Å²) in [4.78, 5) is 24.7. The summed E-state index contributed by atoms with van der Waals surface area (Å²) in [7, 11) is 0. The van der Waals surface area contributed by atoms with Crippen LogP contribution in [0.1, 0.15) is 20.3 Å². The summed E-state index contributed by atoms with van der Waals surface area (Å²) in [6.45, 7) is 5.64. The Bertz CT molecular complexity index is 327. The number of carbonyl (C=O) groups excluding carboxylic acids is 1. The van der Waals surface area contributed by atoms with Gasteiger partial charge < -0.3 is 15.3 Å². The number of carboxylic acids is 1. The van der Waals surface area contributed by atoms with Crippen LogP contribution in [0.3, 0.4) is 0 Å². The lowest BCUT2D eigenvalue weighted by atomic mass is 10.1. The molecule has 1 saturated heterocycles. The molecular formula is C11H18N2O3. The van der Waals surface area contributed by atoms with Crippen LogP contribution in [0.25, 0.3) is 0 Å². The van der Waals surface area contributed by atoms with E-state index in [2.05, 4.69) is 5.32 Å². The normalized spacial score (nSPS) is 32.2. The minimum atomic E-state index is -0.918. The highest BCUT2D eigenvalue weighted by atomic mass is 16.4. The number of hydrogen-bond acceptors (Lipinski definition) is 3. The van der Waals surface area contributed by atoms with E-state index in [1.807, 2.05) is 13.8 Å². The Morgan fingerprint density at radius 3 is 2.56 bits per heavy atom. The first-order chi connectivity index (χ1) is 7.43. The third kappa shape index (κ3) is 1.91. The third-order valence-electron chi connectivity index (χ3n) is 3.62. The van der Waals surface area contributed by atoms with Crippen molar-refractivity contribution in [2.24, 2.45) is 11.3 Å². The molecule has 2 unspecified atom stereocenters. The number of piperazine rings is 1. The Hall–Kier alpha value is -1.10. The minimum absolute atomic E-state index is 0.0129. The summed E-state index contributed by atoms with van der Waals surface area (Å²) in [6.07, 6.45) is 0.877. The van der Waals surface area contributed by atoms with Crippen molar-refractivity contribution in [2.45, 2.75) is 26.3 Å². The molecule has 0 aromatic rings. The first-order valence-corrected chi connectivity index (χ1v) is 5.67. The number of amides is 1. The highest BCUT2D eigenvalue weighted by Crippen LogP contribution is 2.52. The van der Waals surface area contributed by atoms with Crippen LogP contribution in [0.15, 0.2) is 0 Å². The molecule has 2 atom stereocenters. The predicted octanol–water partition coefficient (Wildman–Crippen LogP) is -0.0825. The van der Waals surface area contributed by atoms with Crippen molar-refractivity contribution < 1.29 is 14.7 Å². The molecule has 1 saturated carbocycles. The lowest BCUT2D eigenvalue weighted by Crippen LogP contribution is -2.57. The van der Waals surface area contributed by atoms with Gasteiger partial charge in [-0.3, -0.25) is 4.79 Å². The van der Waals surface area contributed by atoms with E-state index in [-0.39, 0.29) is 17.2 Å². The van der Waals surface area contributed by atoms with E-state index in [1.165, 1.54) is 4.90 Å². The summed E-state index contributed by atoms with van der Waals surface area (Å²) in [5.41, 5.74) is 0.0605. The molecule has 0 spiro atoms. The zero-order valence-electron chi connectivity index (χ0n) is 9.69. The molecule has 1 aliphatic carbocycles. The molecule has 16 heavy (non-hydrogen) atoms. The molecule has 2 rings (SSSR count). The van der Waals surface area contributed by atoms with Gasteiger partial charge in [-0.1, -0.05) is 13.8 Å². The second-order valence-electron chi connectivity index (χ2n) is 5.34. The molecule has 2 aliphatic rings. The van der Waals surface area contributed by atoms with Crippen molar-refractivity contribution in [3.8, 4) is 0 Å². The Labute approximate surface area is 94.8 Å². The molecule has 2 N–H and O–H groups in total. The number of hydrogen-bond donors (Lipinski definition) is 2. The van der Waals surface area contributed by atoms with Crippen molar-refractivity contribution in [2.75, 3.05) is 19.6 Å². The molecule has 0 radical (unpaired) electrons. The van der Waals surface area contributed by atoms with Gasteiger partial charge in [-0.2, -0.15) is 0 Å². The number of carboxylic acid groups (broad SMARTS) is 1. The first kappa shape index (κ1) is 11.4. The van der Waals surface area contributed by atoms with Crippen LogP contribution < -0.4 is 5.32 Å². The largest absolute Gasteiger partial charge is 0.480 e. The fourth-order valence-electron chi connectivity index (χ4n) is 2.28. The van der Waals surface area contributed by atoms with Crippen molar-refractivity contribution in [3.63, 3.8) is 0 Å². The highest BCUT2D eigenvalue weighted by Gasteiger charge is 2.53. The Morgan fingerprint density at radius 2 is 2.06 bits per heavy atom.